The summed E-state index contributed by atoms with van der Waals surface area (Å²) in [6.07, 6.45) is 0. The van der Waals surface area contributed by atoms with Crippen LogP contribution >= 0.6 is 0 Å². The molecule has 0 aliphatic carbocycles. The summed E-state index contributed by atoms with van der Waals surface area (Å²) in [4.78, 5) is 13.5. The van der Waals surface area contributed by atoms with Gasteiger partial charge in [0.25, 0.3) is 0 Å². The summed E-state index contributed by atoms with van der Waals surface area (Å²) in [5.74, 6) is 0.0417. The molecule has 45 heavy (non-hydrogen) atoms. The summed E-state index contributed by atoms with van der Waals surface area (Å²) < 4.78 is 58.2. The van der Waals surface area contributed by atoms with Crippen molar-refractivity contribution in [3.05, 3.63) is 144 Å². The third-order valence-corrected chi connectivity index (χ3v) is 11.8. The first-order valence-corrected chi connectivity index (χ1v) is 17.2. The standard InChI is InChI=1S/C36H33NO6S2/c1-26-13-21-32(22-14-26)45(41,42)36(2,3)35(38)28-15-23-31(24-16-28)44(39,40)34-12-8-7-11-33(34)37-29-17-19-30(20-18-29)43-25-27-9-5-4-6-10-27/h4-24,37H,25H2,1-3H3. The van der Waals surface area contributed by atoms with Crippen LogP contribution in [0.3, 0.4) is 0 Å². The number of benzene rings is 5. The molecule has 0 fully saturated rings. The molecule has 0 bridgehead atoms. The minimum atomic E-state index is -4.02. The van der Waals surface area contributed by atoms with Crippen molar-refractivity contribution in [1.82, 2.24) is 0 Å². The number of anilines is 2. The highest BCUT2D eigenvalue weighted by Crippen LogP contribution is 2.33. The second-order valence-electron chi connectivity index (χ2n) is 11.1. The number of ether oxygens (including phenoxy) is 1. The number of hydrogen-bond donors (Lipinski definition) is 1. The van der Waals surface area contributed by atoms with Crippen molar-refractivity contribution >= 4 is 36.8 Å². The Morgan fingerprint density at radius 1 is 0.689 bits per heavy atom. The molecule has 0 amide bonds. The summed E-state index contributed by atoms with van der Waals surface area (Å²) in [6, 6.07) is 35.2. The Morgan fingerprint density at radius 3 is 1.91 bits per heavy atom. The quantitative estimate of drug-likeness (QED) is 0.149. The molecule has 7 nitrogen and oxygen atoms in total. The SMILES string of the molecule is Cc1ccc(S(=O)(=O)C(C)(C)C(=O)c2ccc(S(=O)(=O)c3ccccc3Nc3ccc(OCc4ccccc4)cc3)cc2)cc1. The fourth-order valence-electron chi connectivity index (χ4n) is 4.73. The van der Waals surface area contributed by atoms with E-state index >= 15 is 0 Å². The third-order valence-electron chi connectivity index (χ3n) is 7.53. The van der Waals surface area contributed by atoms with Crippen molar-refractivity contribution in [2.45, 2.75) is 46.8 Å². The minimum Gasteiger partial charge on any atom is -0.489 e. The van der Waals surface area contributed by atoms with Crippen molar-refractivity contribution in [3.63, 3.8) is 0 Å². The number of Topliss-reactive ketones (excluding diaryl/α,β-unsaturated/α-hetero) is 1. The molecule has 0 aliphatic rings. The van der Waals surface area contributed by atoms with E-state index in [9.17, 15) is 21.6 Å². The fourth-order valence-corrected chi connectivity index (χ4v) is 7.59. The summed E-state index contributed by atoms with van der Waals surface area (Å²) in [5, 5.41) is 3.18. The van der Waals surface area contributed by atoms with Crippen LogP contribution in [0.25, 0.3) is 0 Å². The first-order chi connectivity index (χ1) is 21.4. The van der Waals surface area contributed by atoms with Crippen molar-refractivity contribution in [2.75, 3.05) is 5.32 Å². The van der Waals surface area contributed by atoms with Crippen LogP contribution in [0.15, 0.2) is 142 Å². The lowest BCUT2D eigenvalue weighted by Crippen LogP contribution is -2.40. The minimum absolute atomic E-state index is 0.0304. The highest BCUT2D eigenvalue weighted by Gasteiger charge is 2.43. The molecule has 230 valence electrons. The van der Waals surface area contributed by atoms with Crippen LogP contribution in [0, 0.1) is 6.92 Å². The maximum absolute atomic E-state index is 13.7. The molecule has 0 unspecified atom stereocenters. The Balaban J connectivity index is 1.33. The van der Waals surface area contributed by atoms with Gasteiger partial charge in [-0.25, -0.2) is 16.8 Å². The van der Waals surface area contributed by atoms with Crippen molar-refractivity contribution in [1.29, 1.82) is 0 Å². The van der Waals surface area contributed by atoms with Crippen LogP contribution in [0.5, 0.6) is 5.75 Å². The second kappa shape index (κ2) is 12.7. The van der Waals surface area contributed by atoms with E-state index in [1.54, 1.807) is 54.6 Å². The van der Waals surface area contributed by atoms with E-state index in [0.29, 0.717) is 23.7 Å². The lowest BCUT2D eigenvalue weighted by molar-refractivity contribution is 0.0953. The highest BCUT2D eigenvalue weighted by atomic mass is 32.2. The Bertz CT molecular complexity index is 2020. The zero-order valence-corrected chi connectivity index (χ0v) is 26.7. The maximum atomic E-state index is 13.7. The molecule has 9 heteroatoms. The molecule has 0 aromatic heterocycles. The van der Waals surface area contributed by atoms with Gasteiger partial charge in [0.15, 0.2) is 15.6 Å². The molecule has 5 aromatic rings. The molecule has 0 heterocycles. The van der Waals surface area contributed by atoms with Gasteiger partial charge in [0.05, 0.1) is 20.4 Å². The Labute approximate surface area is 264 Å². The highest BCUT2D eigenvalue weighted by molar-refractivity contribution is 7.93. The average molecular weight is 640 g/mol. The molecule has 0 radical (unpaired) electrons. The summed E-state index contributed by atoms with van der Waals surface area (Å²) >= 11 is 0. The number of aryl methyl sites for hydroxylation is 1. The van der Waals surface area contributed by atoms with E-state index < -0.39 is 30.2 Å². The van der Waals surface area contributed by atoms with Gasteiger partial charge in [-0.1, -0.05) is 72.3 Å². The van der Waals surface area contributed by atoms with Crippen LogP contribution in [0.2, 0.25) is 0 Å². The first kappa shape index (κ1) is 31.7. The molecule has 0 spiro atoms. The summed E-state index contributed by atoms with van der Waals surface area (Å²) in [6.45, 7) is 4.99. The molecular formula is C36H33NO6S2. The van der Waals surface area contributed by atoms with Crippen LogP contribution in [-0.4, -0.2) is 27.4 Å². The van der Waals surface area contributed by atoms with Gasteiger partial charge >= 0.3 is 0 Å². The normalized spacial score (nSPS) is 12.0. The number of rotatable bonds is 11. The van der Waals surface area contributed by atoms with E-state index in [4.69, 9.17) is 4.74 Å². The Hall–Kier alpha value is -4.73. The molecule has 5 aromatic carbocycles. The van der Waals surface area contributed by atoms with Gasteiger partial charge in [0.2, 0.25) is 9.84 Å². The first-order valence-electron chi connectivity index (χ1n) is 14.2. The number of sulfone groups is 2. The van der Waals surface area contributed by atoms with Crippen LogP contribution in [0.4, 0.5) is 11.4 Å². The van der Waals surface area contributed by atoms with Gasteiger partial charge in [0.1, 0.15) is 17.1 Å². The molecule has 0 saturated carbocycles. The largest absolute Gasteiger partial charge is 0.489 e. The van der Waals surface area contributed by atoms with Crippen molar-refractivity contribution in [3.8, 4) is 5.75 Å². The zero-order chi connectivity index (χ0) is 32.2. The van der Waals surface area contributed by atoms with E-state index in [-0.39, 0.29) is 20.2 Å². The van der Waals surface area contributed by atoms with Gasteiger partial charge in [-0.3, -0.25) is 4.79 Å². The molecule has 0 saturated heterocycles. The smallest absolute Gasteiger partial charge is 0.208 e. The van der Waals surface area contributed by atoms with E-state index in [0.717, 1.165) is 11.1 Å². The molecule has 0 atom stereocenters. The molecular weight excluding hydrogens is 607 g/mol. The van der Waals surface area contributed by atoms with E-state index in [2.05, 4.69) is 5.32 Å². The van der Waals surface area contributed by atoms with Gasteiger partial charge in [-0.2, -0.15) is 0 Å². The number of para-hydroxylation sites is 1. The zero-order valence-electron chi connectivity index (χ0n) is 25.1. The molecule has 1 N–H and O–H groups in total. The molecule has 5 rings (SSSR count). The van der Waals surface area contributed by atoms with Gasteiger partial charge < -0.3 is 10.1 Å². The topological polar surface area (TPSA) is 107 Å². The number of carbonyl (C=O) groups is 1. The van der Waals surface area contributed by atoms with Crippen molar-refractivity contribution in [2.24, 2.45) is 0 Å². The lowest BCUT2D eigenvalue weighted by atomic mass is 10.0. The van der Waals surface area contributed by atoms with Crippen molar-refractivity contribution < 1.29 is 26.4 Å². The van der Waals surface area contributed by atoms with Crippen LogP contribution < -0.4 is 10.1 Å². The maximum Gasteiger partial charge on any atom is 0.208 e. The van der Waals surface area contributed by atoms with Gasteiger partial charge in [-0.15, -0.1) is 0 Å². The van der Waals surface area contributed by atoms with Gasteiger partial charge in [0, 0.05) is 11.3 Å². The number of ketones is 1. The summed E-state index contributed by atoms with van der Waals surface area (Å²) in [7, 11) is -8.03. The Morgan fingerprint density at radius 2 is 1.27 bits per heavy atom. The van der Waals surface area contributed by atoms with Crippen LogP contribution in [0.1, 0.15) is 35.3 Å². The fraction of sp³-hybridized carbons (Fsp3) is 0.139. The second-order valence-corrected chi connectivity index (χ2v) is 15.5. The average Bonchev–Trinajstić information content (AvgIpc) is 3.05. The van der Waals surface area contributed by atoms with E-state index in [1.807, 2.05) is 37.3 Å². The third kappa shape index (κ3) is 6.69. The van der Waals surface area contributed by atoms with Gasteiger partial charge in [-0.05, 0) is 87.0 Å². The number of hydrogen-bond acceptors (Lipinski definition) is 7. The lowest BCUT2D eigenvalue weighted by Gasteiger charge is -2.24. The monoisotopic (exact) mass is 639 g/mol. The molecule has 0 aliphatic heterocycles. The number of nitrogens with one attached hydrogen (secondary N) is 1. The Kier molecular flexibility index (Phi) is 8.95. The predicted octanol–water partition coefficient (Wildman–Crippen LogP) is 7.59. The van der Waals surface area contributed by atoms with E-state index in [1.165, 1.54) is 56.3 Å². The predicted molar refractivity (Wildman–Crippen MR) is 176 cm³/mol. The van der Waals surface area contributed by atoms with Crippen LogP contribution in [-0.2, 0) is 26.3 Å². The number of carbonyl (C=O) groups excluding carboxylic acids is 1. The summed E-state index contributed by atoms with van der Waals surface area (Å²) in [5.41, 5.74) is 3.08.